The summed E-state index contributed by atoms with van der Waals surface area (Å²) in [5, 5.41) is 0. The molecule has 0 fully saturated rings. The highest BCUT2D eigenvalue weighted by atomic mass is 19.4. The van der Waals surface area contributed by atoms with E-state index in [1.807, 2.05) is 19.9 Å². The van der Waals surface area contributed by atoms with Gasteiger partial charge in [-0.3, -0.25) is 0 Å². The first-order valence-electron chi connectivity index (χ1n) is 4.68. The molecule has 84 valence electrons. The molecular formula is C11H13F3O. The quantitative estimate of drug-likeness (QED) is 0.750. The molecule has 0 saturated heterocycles. The van der Waals surface area contributed by atoms with Crippen LogP contribution in [-0.2, 0) is 0 Å². The Hall–Kier alpha value is -1.19. The van der Waals surface area contributed by atoms with Crippen LogP contribution < -0.4 is 4.74 Å². The van der Waals surface area contributed by atoms with Crippen LogP contribution in [0.2, 0.25) is 0 Å². The Morgan fingerprint density at radius 2 is 1.93 bits per heavy atom. The fourth-order valence-corrected chi connectivity index (χ4v) is 1.13. The number of alkyl halides is 3. The van der Waals surface area contributed by atoms with Gasteiger partial charge in [0.05, 0.1) is 0 Å². The van der Waals surface area contributed by atoms with Crippen LogP contribution in [0, 0.1) is 0 Å². The Balaban J connectivity index is 2.66. The molecule has 0 aliphatic carbocycles. The molecule has 0 aliphatic heterocycles. The van der Waals surface area contributed by atoms with E-state index in [0.29, 0.717) is 0 Å². The van der Waals surface area contributed by atoms with Gasteiger partial charge in [0.15, 0.2) is 6.61 Å². The lowest BCUT2D eigenvalue weighted by atomic mass is 10.0. The van der Waals surface area contributed by atoms with Crippen LogP contribution in [0.1, 0.15) is 25.3 Å². The van der Waals surface area contributed by atoms with Crippen molar-refractivity contribution in [1.82, 2.24) is 0 Å². The third kappa shape index (κ3) is 4.23. The Morgan fingerprint density at radius 3 is 2.47 bits per heavy atom. The summed E-state index contributed by atoms with van der Waals surface area (Å²) >= 11 is 0. The summed E-state index contributed by atoms with van der Waals surface area (Å²) in [7, 11) is 0. The third-order valence-electron chi connectivity index (χ3n) is 1.93. The summed E-state index contributed by atoms with van der Waals surface area (Å²) in [6, 6.07) is 6.72. The zero-order valence-corrected chi connectivity index (χ0v) is 8.64. The van der Waals surface area contributed by atoms with Gasteiger partial charge in [-0.25, -0.2) is 0 Å². The highest BCUT2D eigenvalue weighted by Gasteiger charge is 2.28. The summed E-state index contributed by atoms with van der Waals surface area (Å²) < 4.78 is 40.3. The highest BCUT2D eigenvalue weighted by Crippen LogP contribution is 2.22. The zero-order valence-electron chi connectivity index (χ0n) is 8.64. The van der Waals surface area contributed by atoms with E-state index in [2.05, 4.69) is 4.74 Å². The lowest BCUT2D eigenvalue weighted by Crippen LogP contribution is -2.19. The van der Waals surface area contributed by atoms with Crippen molar-refractivity contribution in [1.29, 1.82) is 0 Å². The number of hydrogen-bond acceptors (Lipinski definition) is 1. The molecule has 0 spiro atoms. The van der Waals surface area contributed by atoms with E-state index in [-0.39, 0.29) is 11.7 Å². The standard InChI is InChI=1S/C11H13F3O/c1-8(2)9-4-3-5-10(6-9)15-7-11(12,13)14/h3-6,8H,7H2,1-2H3. The second-order valence-corrected chi connectivity index (χ2v) is 3.63. The fourth-order valence-electron chi connectivity index (χ4n) is 1.13. The molecule has 4 heteroatoms. The monoisotopic (exact) mass is 218 g/mol. The van der Waals surface area contributed by atoms with Gasteiger partial charge in [-0.2, -0.15) is 13.2 Å². The van der Waals surface area contributed by atoms with Gasteiger partial charge >= 0.3 is 6.18 Å². The Bertz CT molecular complexity index is 318. The number of hydrogen-bond donors (Lipinski definition) is 0. The van der Waals surface area contributed by atoms with E-state index < -0.39 is 12.8 Å². The molecule has 0 saturated carbocycles. The Morgan fingerprint density at radius 1 is 1.27 bits per heavy atom. The Kier molecular flexibility index (Phi) is 3.61. The highest BCUT2D eigenvalue weighted by molar-refractivity contribution is 5.30. The molecule has 0 unspecified atom stereocenters. The molecule has 0 heterocycles. The minimum atomic E-state index is -4.28. The average Bonchev–Trinajstić information content (AvgIpc) is 2.14. The smallest absolute Gasteiger partial charge is 0.422 e. The van der Waals surface area contributed by atoms with Crippen LogP contribution in [0.25, 0.3) is 0 Å². The molecule has 0 atom stereocenters. The van der Waals surface area contributed by atoms with Crippen LogP contribution in [0.4, 0.5) is 13.2 Å². The molecule has 0 aliphatic rings. The maximum Gasteiger partial charge on any atom is 0.422 e. The lowest BCUT2D eigenvalue weighted by molar-refractivity contribution is -0.153. The SMILES string of the molecule is CC(C)c1cccc(OCC(F)(F)F)c1. The van der Waals surface area contributed by atoms with Gasteiger partial charge in [0.2, 0.25) is 0 Å². The first kappa shape index (κ1) is 11.9. The second-order valence-electron chi connectivity index (χ2n) is 3.63. The molecule has 15 heavy (non-hydrogen) atoms. The maximum absolute atomic E-state index is 11.9. The van der Waals surface area contributed by atoms with E-state index in [0.717, 1.165) is 5.56 Å². The molecule has 1 aromatic carbocycles. The van der Waals surface area contributed by atoms with E-state index in [1.165, 1.54) is 6.07 Å². The summed E-state index contributed by atoms with van der Waals surface area (Å²) in [4.78, 5) is 0. The molecule has 0 bridgehead atoms. The lowest BCUT2D eigenvalue weighted by Gasteiger charge is -2.11. The van der Waals surface area contributed by atoms with Gasteiger partial charge in [0.25, 0.3) is 0 Å². The largest absolute Gasteiger partial charge is 0.484 e. The van der Waals surface area contributed by atoms with Crippen molar-refractivity contribution >= 4 is 0 Å². The first-order valence-corrected chi connectivity index (χ1v) is 4.68. The van der Waals surface area contributed by atoms with Gasteiger partial charge in [-0.15, -0.1) is 0 Å². The van der Waals surface area contributed by atoms with Crippen molar-refractivity contribution in [3.63, 3.8) is 0 Å². The van der Waals surface area contributed by atoms with Crippen molar-refractivity contribution in [2.24, 2.45) is 0 Å². The zero-order chi connectivity index (χ0) is 11.5. The van der Waals surface area contributed by atoms with Gasteiger partial charge in [0, 0.05) is 0 Å². The van der Waals surface area contributed by atoms with Crippen LogP contribution >= 0.6 is 0 Å². The topological polar surface area (TPSA) is 9.23 Å². The summed E-state index contributed by atoms with van der Waals surface area (Å²) in [5.41, 5.74) is 0.967. The fraction of sp³-hybridized carbons (Fsp3) is 0.455. The average molecular weight is 218 g/mol. The summed E-state index contributed by atoms with van der Waals surface area (Å²) in [6.45, 7) is 2.71. The summed E-state index contributed by atoms with van der Waals surface area (Å²) in [5.74, 6) is 0.540. The first-order chi connectivity index (χ1) is 6.88. The van der Waals surface area contributed by atoms with E-state index in [9.17, 15) is 13.2 Å². The predicted molar refractivity (Wildman–Crippen MR) is 52.1 cm³/mol. The Labute approximate surface area is 86.9 Å². The molecular weight excluding hydrogens is 205 g/mol. The van der Waals surface area contributed by atoms with Crippen LogP contribution in [-0.4, -0.2) is 12.8 Å². The number of ether oxygens (including phenoxy) is 1. The number of benzene rings is 1. The molecule has 1 aromatic rings. The number of rotatable bonds is 3. The van der Waals surface area contributed by atoms with E-state index in [1.54, 1.807) is 12.1 Å². The van der Waals surface area contributed by atoms with Crippen molar-refractivity contribution in [2.45, 2.75) is 25.9 Å². The van der Waals surface area contributed by atoms with Crippen molar-refractivity contribution in [2.75, 3.05) is 6.61 Å². The maximum atomic E-state index is 11.9. The second kappa shape index (κ2) is 4.55. The van der Waals surface area contributed by atoms with Gasteiger partial charge in [0.1, 0.15) is 5.75 Å². The summed E-state index contributed by atoms with van der Waals surface area (Å²) in [6.07, 6.45) is -4.28. The number of halogens is 3. The molecule has 0 N–H and O–H groups in total. The molecule has 0 aromatic heterocycles. The van der Waals surface area contributed by atoms with Gasteiger partial charge in [-0.1, -0.05) is 26.0 Å². The molecule has 0 radical (unpaired) electrons. The van der Waals surface area contributed by atoms with Crippen LogP contribution in [0.3, 0.4) is 0 Å². The van der Waals surface area contributed by atoms with Crippen molar-refractivity contribution in [3.8, 4) is 5.75 Å². The molecule has 1 rings (SSSR count). The van der Waals surface area contributed by atoms with Gasteiger partial charge in [-0.05, 0) is 23.6 Å². The minimum Gasteiger partial charge on any atom is -0.484 e. The minimum absolute atomic E-state index is 0.263. The predicted octanol–water partition coefficient (Wildman–Crippen LogP) is 3.75. The molecule has 0 amide bonds. The molecule has 1 nitrogen and oxygen atoms in total. The van der Waals surface area contributed by atoms with Gasteiger partial charge < -0.3 is 4.74 Å². The van der Waals surface area contributed by atoms with Crippen LogP contribution in [0.5, 0.6) is 5.75 Å². The van der Waals surface area contributed by atoms with Crippen molar-refractivity contribution < 1.29 is 17.9 Å². The van der Waals surface area contributed by atoms with Crippen LogP contribution in [0.15, 0.2) is 24.3 Å². The van der Waals surface area contributed by atoms with E-state index in [4.69, 9.17) is 0 Å². The normalized spacial score (nSPS) is 11.9. The van der Waals surface area contributed by atoms with Crippen molar-refractivity contribution in [3.05, 3.63) is 29.8 Å². The van der Waals surface area contributed by atoms with E-state index >= 15 is 0 Å². The third-order valence-corrected chi connectivity index (χ3v) is 1.93.